The minimum Gasteiger partial charge on any atom is -0.394 e. The summed E-state index contributed by atoms with van der Waals surface area (Å²) in [6, 6.07) is 7.76. The first-order valence-corrected chi connectivity index (χ1v) is 6.96. The highest BCUT2D eigenvalue weighted by Gasteiger charge is 2.17. The van der Waals surface area contributed by atoms with Crippen LogP contribution in [0.25, 0.3) is 5.69 Å². The van der Waals surface area contributed by atoms with E-state index in [1.165, 1.54) is 12.1 Å². The molecule has 118 valence electrons. The predicted octanol–water partition coefficient (Wildman–Crippen LogP) is 1.32. The summed E-state index contributed by atoms with van der Waals surface area (Å²) >= 11 is 0. The van der Waals surface area contributed by atoms with Gasteiger partial charge in [-0.05, 0) is 44.2 Å². The minimum absolute atomic E-state index is 0.0183. The van der Waals surface area contributed by atoms with Gasteiger partial charge >= 0.3 is 0 Å². The van der Waals surface area contributed by atoms with Crippen molar-refractivity contribution >= 4 is 5.91 Å². The van der Waals surface area contributed by atoms with E-state index in [4.69, 9.17) is 5.11 Å². The second-order valence-electron chi connectivity index (χ2n) is 5.14. The first kappa shape index (κ1) is 16.2. The highest BCUT2D eigenvalue weighted by Crippen LogP contribution is 2.21. The van der Waals surface area contributed by atoms with Crippen molar-refractivity contribution in [2.45, 2.75) is 20.0 Å². The molecule has 1 heterocycles. The SMILES string of the molecule is Cc1cc(C(=O)NCC(O)CO)c(C)n1-c1ccc(F)cc1. The third kappa shape index (κ3) is 3.35. The molecule has 6 heteroatoms. The molecule has 1 unspecified atom stereocenters. The summed E-state index contributed by atoms with van der Waals surface area (Å²) in [5.74, 6) is -0.642. The van der Waals surface area contributed by atoms with Gasteiger partial charge in [0, 0.05) is 23.6 Å². The molecular weight excluding hydrogens is 287 g/mol. The maximum Gasteiger partial charge on any atom is 0.253 e. The number of aliphatic hydroxyl groups is 2. The number of aliphatic hydroxyl groups excluding tert-OH is 2. The Bertz CT molecular complexity index is 665. The van der Waals surface area contributed by atoms with Gasteiger partial charge in [-0.25, -0.2) is 4.39 Å². The lowest BCUT2D eigenvalue weighted by Gasteiger charge is -2.11. The Hall–Kier alpha value is -2.18. The van der Waals surface area contributed by atoms with Gasteiger partial charge in [-0.2, -0.15) is 0 Å². The maximum absolute atomic E-state index is 13.0. The molecular formula is C16H19FN2O3. The quantitative estimate of drug-likeness (QED) is 0.780. The summed E-state index contributed by atoms with van der Waals surface area (Å²) in [6.45, 7) is 3.23. The maximum atomic E-state index is 13.0. The Morgan fingerprint density at radius 2 is 1.95 bits per heavy atom. The molecule has 0 radical (unpaired) electrons. The molecule has 0 fully saturated rings. The summed E-state index contributed by atoms with van der Waals surface area (Å²) < 4.78 is 14.9. The number of hydrogen-bond donors (Lipinski definition) is 3. The molecule has 0 saturated carbocycles. The van der Waals surface area contributed by atoms with Crippen LogP contribution in [0.4, 0.5) is 4.39 Å². The smallest absolute Gasteiger partial charge is 0.253 e. The van der Waals surface area contributed by atoms with Gasteiger partial charge in [-0.3, -0.25) is 4.79 Å². The van der Waals surface area contributed by atoms with E-state index in [0.29, 0.717) is 5.56 Å². The van der Waals surface area contributed by atoms with E-state index in [1.54, 1.807) is 25.1 Å². The van der Waals surface area contributed by atoms with Gasteiger partial charge in [0.2, 0.25) is 0 Å². The number of amides is 1. The molecule has 1 atom stereocenters. The van der Waals surface area contributed by atoms with Crippen LogP contribution in [0.1, 0.15) is 21.7 Å². The van der Waals surface area contributed by atoms with Crippen LogP contribution in [0.3, 0.4) is 0 Å². The molecule has 1 aromatic heterocycles. The predicted molar refractivity (Wildman–Crippen MR) is 80.6 cm³/mol. The lowest BCUT2D eigenvalue weighted by Crippen LogP contribution is -2.34. The molecule has 2 aromatic rings. The van der Waals surface area contributed by atoms with Gasteiger partial charge in [0.05, 0.1) is 18.3 Å². The van der Waals surface area contributed by atoms with Gasteiger partial charge < -0.3 is 20.1 Å². The summed E-state index contributed by atoms with van der Waals surface area (Å²) in [5.41, 5.74) is 2.81. The van der Waals surface area contributed by atoms with Crippen LogP contribution >= 0.6 is 0 Å². The van der Waals surface area contributed by atoms with Gasteiger partial charge in [0.15, 0.2) is 0 Å². The lowest BCUT2D eigenvalue weighted by molar-refractivity contribution is 0.0801. The molecule has 0 saturated heterocycles. The van der Waals surface area contributed by atoms with Crippen LogP contribution in [0.5, 0.6) is 0 Å². The molecule has 22 heavy (non-hydrogen) atoms. The van der Waals surface area contributed by atoms with Gasteiger partial charge in [-0.1, -0.05) is 0 Å². The molecule has 0 spiro atoms. The lowest BCUT2D eigenvalue weighted by atomic mass is 10.2. The number of nitrogens with zero attached hydrogens (tertiary/aromatic N) is 1. The number of halogens is 1. The van der Waals surface area contributed by atoms with Crippen molar-refractivity contribution in [2.75, 3.05) is 13.2 Å². The van der Waals surface area contributed by atoms with E-state index in [-0.39, 0.29) is 18.3 Å². The number of carbonyl (C=O) groups is 1. The van der Waals surface area contributed by atoms with Crippen LogP contribution in [0, 0.1) is 19.7 Å². The Kier molecular flexibility index (Phi) is 4.95. The van der Waals surface area contributed by atoms with E-state index in [2.05, 4.69) is 5.32 Å². The van der Waals surface area contributed by atoms with Crippen LogP contribution < -0.4 is 5.32 Å². The number of carbonyl (C=O) groups excluding carboxylic acids is 1. The fourth-order valence-electron chi connectivity index (χ4n) is 2.35. The normalized spacial score (nSPS) is 12.2. The molecule has 0 bridgehead atoms. The third-order valence-electron chi connectivity index (χ3n) is 3.47. The van der Waals surface area contributed by atoms with Crippen molar-refractivity contribution in [1.82, 2.24) is 9.88 Å². The Labute approximate surface area is 128 Å². The van der Waals surface area contributed by atoms with E-state index in [9.17, 15) is 14.3 Å². The number of aromatic nitrogens is 1. The summed E-state index contributed by atoms with van der Waals surface area (Å²) in [6.07, 6.45) is -0.982. The van der Waals surface area contributed by atoms with Crippen LogP contribution in [0.15, 0.2) is 30.3 Å². The molecule has 2 rings (SSSR count). The van der Waals surface area contributed by atoms with Crippen molar-refractivity contribution in [3.8, 4) is 5.69 Å². The molecule has 1 amide bonds. The van der Waals surface area contributed by atoms with Gasteiger partial charge in [-0.15, -0.1) is 0 Å². The molecule has 0 aliphatic rings. The summed E-state index contributed by atoms with van der Waals surface area (Å²) in [5, 5.41) is 20.6. The molecule has 1 aromatic carbocycles. The van der Waals surface area contributed by atoms with Crippen molar-refractivity contribution in [3.63, 3.8) is 0 Å². The Morgan fingerprint density at radius 3 is 2.55 bits per heavy atom. The van der Waals surface area contributed by atoms with Gasteiger partial charge in [0.1, 0.15) is 5.82 Å². The number of aryl methyl sites for hydroxylation is 1. The van der Waals surface area contributed by atoms with E-state index < -0.39 is 12.7 Å². The molecule has 0 aliphatic carbocycles. The first-order valence-electron chi connectivity index (χ1n) is 6.96. The van der Waals surface area contributed by atoms with Crippen LogP contribution in [0.2, 0.25) is 0 Å². The van der Waals surface area contributed by atoms with Crippen molar-refractivity contribution in [1.29, 1.82) is 0 Å². The highest BCUT2D eigenvalue weighted by molar-refractivity contribution is 5.95. The van der Waals surface area contributed by atoms with E-state index in [1.807, 2.05) is 11.5 Å². The second kappa shape index (κ2) is 6.72. The second-order valence-corrected chi connectivity index (χ2v) is 5.14. The van der Waals surface area contributed by atoms with Crippen LogP contribution in [-0.2, 0) is 0 Å². The Morgan fingerprint density at radius 1 is 1.32 bits per heavy atom. The zero-order valence-corrected chi connectivity index (χ0v) is 12.5. The van der Waals surface area contributed by atoms with Crippen LogP contribution in [-0.4, -0.2) is 39.9 Å². The van der Waals surface area contributed by atoms with E-state index in [0.717, 1.165) is 17.1 Å². The minimum atomic E-state index is -0.982. The summed E-state index contributed by atoms with van der Waals surface area (Å²) in [7, 11) is 0. The fraction of sp³-hybridized carbons (Fsp3) is 0.312. The van der Waals surface area contributed by atoms with E-state index >= 15 is 0 Å². The molecule has 3 N–H and O–H groups in total. The zero-order chi connectivity index (χ0) is 16.3. The van der Waals surface area contributed by atoms with Gasteiger partial charge in [0.25, 0.3) is 5.91 Å². The largest absolute Gasteiger partial charge is 0.394 e. The average molecular weight is 306 g/mol. The number of benzene rings is 1. The topological polar surface area (TPSA) is 74.5 Å². The highest BCUT2D eigenvalue weighted by atomic mass is 19.1. The summed E-state index contributed by atoms with van der Waals surface area (Å²) in [4.78, 5) is 12.2. The molecule has 0 aliphatic heterocycles. The Balaban J connectivity index is 2.27. The van der Waals surface area contributed by atoms with Crippen molar-refractivity contribution in [3.05, 3.63) is 53.1 Å². The standard InChI is InChI=1S/C16H19FN2O3/c1-10-7-15(16(22)18-8-14(21)9-20)11(2)19(10)13-5-3-12(17)4-6-13/h3-7,14,20-21H,8-9H2,1-2H3,(H,18,22). The molecule has 5 nitrogen and oxygen atoms in total. The monoisotopic (exact) mass is 306 g/mol. The van der Waals surface area contributed by atoms with Crippen molar-refractivity contribution in [2.24, 2.45) is 0 Å². The fourth-order valence-corrected chi connectivity index (χ4v) is 2.35. The zero-order valence-electron chi connectivity index (χ0n) is 12.5. The number of hydrogen-bond acceptors (Lipinski definition) is 3. The van der Waals surface area contributed by atoms with Crippen molar-refractivity contribution < 1.29 is 19.4 Å². The third-order valence-corrected chi connectivity index (χ3v) is 3.47. The number of nitrogens with one attached hydrogen (secondary N) is 1. The first-order chi connectivity index (χ1) is 10.4. The number of rotatable bonds is 5. The average Bonchev–Trinajstić information content (AvgIpc) is 2.80.